The van der Waals surface area contributed by atoms with Crippen molar-refractivity contribution in [1.29, 1.82) is 0 Å². The molecule has 0 radical (unpaired) electrons. The van der Waals surface area contributed by atoms with E-state index in [-0.39, 0.29) is 11.4 Å². The summed E-state index contributed by atoms with van der Waals surface area (Å²) >= 11 is 5.76. The van der Waals surface area contributed by atoms with Gasteiger partial charge in [0.2, 0.25) is 0 Å². The van der Waals surface area contributed by atoms with Crippen LogP contribution in [0, 0.1) is 0 Å². The summed E-state index contributed by atoms with van der Waals surface area (Å²) in [6.45, 7) is 6.64. The van der Waals surface area contributed by atoms with Gasteiger partial charge in [-0.15, -0.1) is 11.6 Å². The lowest BCUT2D eigenvalue weighted by atomic mass is 9.93. The van der Waals surface area contributed by atoms with Crippen molar-refractivity contribution < 1.29 is 9.53 Å². The zero-order chi connectivity index (χ0) is 12.2. The number of carbonyl (C=O) groups is 1. The van der Waals surface area contributed by atoms with E-state index in [1.54, 1.807) is 0 Å². The van der Waals surface area contributed by atoms with Crippen LogP contribution in [0.25, 0.3) is 0 Å². The first-order valence-electron chi connectivity index (χ1n) is 5.98. The molecular formula is C12H22ClNO2. The standard InChI is InChI=1S/C12H22ClNO2/c1-4-11(2,7-8-13)14-10(15)12(3)6-5-9-16-12/h4-9H2,1-3H3,(H,14,15). The lowest BCUT2D eigenvalue weighted by molar-refractivity contribution is -0.141. The Bertz CT molecular complexity index is 251. The fourth-order valence-corrected chi connectivity index (χ4v) is 2.32. The molecule has 1 amide bonds. The summed E-state index contributed by atoms with van der Waals surface area (Å²) in [7, 11) is 0. The molecule has 1 N–H and O–H groups in total. The Morgan fingerprint density at radius 2 is 2.31 bits per heavy atom. The van der Waals surface area contributed by atoms with E-state index in [1.807, 2.05) is 13.8 Å². The van der Waals surface area contributed by atoms with Gasteiger partial charge in [0, 0.05) is 18.0 Å². The molecule has 0 saturated carbocycles. The van der Waals surface area contributed by atoms with Crippen LogP contribution < -0.4 is 5.32 Å². The topological polar surface area (TPSA) is 38.3 Å². The molecule has 4 heteroatoms. The first-order valence-corrected chi connectivity index (χ1v) is 6.52. The third kappa shape index (κ3) is 3.11. The monoisotopic (exact) mass is 247 g/mol. The third-order valence-electron chi connectivity index (χ3n) is 3.54. The number of carbonyl (C=O) groups excluding carboxylic acids is 1. The van der Waals surface area contributed by atoms with Crippen molar-refractivity contribution in [3.05, 3.63) is 0 Å². The van der Waals surface area contributed by atoms with Gasteiger partial charge in [-0.25, -0.2) is 0 Å². The van der Waals surface area contributed by atoms with E-state index in [9.17, 15) is 4.79 Å². The number of nitrogens with one attached hydrogen (secondary N) is 1. The maximum Gasteiger partial charge on any atom is 0.252 e. The number of hydrogen-bond acceptors (Lipinski definition) is 2. The molecule has 0 aromatic rings. The zero-order valence-electron chi connectivity index (χ0n) is 10.4. The largest absolute Gasteiger partial charge is 0.365 e. The second kappa shape index (κ2) is 5.37. The quantitative estimate of drug-likeness (QED) is 0.758. The molecule has 16 heavy (non-hydrogen) atoms. The molecule has 0 aliphatic carbocycles. The second-order valence-corrected chi connectivity index (χ2v) is 5.37. The van der Waals surface area contributed by atoms with Crippen LogP contribution in [0.5, 0.6) is 0 Å². The van der Waals surface area contributed by atoms with Gasteiger partial charge in [0.05, 0.1) is 0 Å². The fourth-order valence-electron chi connectivity index (χ4n) is 1.90. The predicted octanol–water partition coefficient (Wildman–Crippen LogP) is 2.47. The van der Waals surface area contributed by atoms with Crippen molar-refractivity contribution in [2.75, 3.05) is 12.5 Å². The van der Waals surface area contributed by atoms with Gasteiger partial charge >= 0.3 is 0 Å². The van der Waals surface area contributed by atoms with Gasteiger partial charge in [-0.3, -0.25) is 4.79 Å². The van der Waals surface area contributed by atoms with Gasteiger partial charge in [-0.05, 0) is 39.5 Å². The Kier molecular flexibility index (Phi) is 4.62. The Morgan fingerprint density at radius 1 is 1.62 bits per heavy atom. The molecule has 1 saturated heterocycles. The average molecular weight is 248 g/mol. The van der Waals surface area contributed by atoms with Gasteiger partial charge in [0.1, 0.15) is 5.60 Å². The molecule has 0 aromatic heterocycles. The molecule has 94 valence electrons. The van der Waals surface area contributed by atoms with Crippen LogP contribution in [0.4, 0.5) is 0 Å². The molecule has 1 heterocycles. The van der Waals surface area contributed by atoms with Crippen molar-refractivity contribution in [3.63, 3.8) is 0 Å². The molecule has 1 aliphatic rings. The maximum atomic E-state index is 12.1. The van der Waals surface area contributed by atoms with Gasteiger partial charge in [0.15, 0.2) is 0 Å². The summed E-state index contributed by atoms with van der Waals surface area (Å²) < 4.78 is 5.53. The highest BCUT2D eigenvalue weighted by atomic mass is 35.5. The van der Waals surface area contributed by atoms with Crippen molar-refractivity contribution in [2.45, 2.75) is 57.6 Å². The van der Waals surface area contributed by atoms with Crippen LogP contribution >= 0.6 is 11.6 Å². The van der Waals surface area contributed by atoms with Gasteiger partial charge in [0.25, 0.3) is 5.91 Å². The van der Waals surface area contributed by atoms with E-state index in [1.165, 1.54) is 0 Å². The molecule has 1 rings (SSSR count). The summed E-state index contributed by atoms with van der Waals surface area (Å²) in [6.07, 6.45) is 3.43. The first kappa shape index (κ1) is 13.8. The summed E-state index contributed by atoms with van der Waals surface area (Å²) in [5.74, 6) is 0.557. The Balaban J connectivity index is 2.61. The van der Waals surface area contributed by atoms with Gasteiger partial charge < -0.3 is 10.1 Å². The van der Waals surface area contributed by atoms with Crippen molar-refractivity contribution >= 4 is 17.5 Å². The summed E-state index contributed by atoms with van der Waals surface area (Å²) in [5, 5.41) is 3.08. The molecule has 2 unspecified atom stereocenters. The Hall–Kier alpha value is -0.280. The summed E-state index contributed by atoms with van der Waals surface area (Å²) in [5.41, 5.74) is -0.851. The maximum absolute atomic E-state index is 12.1. The van der Waals surface area contributed by atoms with E-state index in [0.717, 1.165) is 25.7 Å². The van der Waals surface area contributed by atoms with Crippen LogP contribution in [0.3, 0.4) is 0 Å². The Morgan fingerprint density at radius 3 is 2.75 bits per heavy atom. The van der Waals surface area contributed by atoms with Crippen LogP contribution in [0.15, 0.2) is 0 Å². The minimum absolute atomic E-state index is 0.000494. The van der Waals surface area contributed by atoms with Crippen LogP contribution in [0.1, 0.15) is 46.5 Å². The normalized spacial score (nSPS) is 28.8. The van der Waals surface area contributed by atoms with E-state index in [2.05, 4.69) is 12.2 Å². The number of rotatable bonds is 5. The van der Waals surface area contributed by atoms with E-state index < -0.39 is 5.60 Å². The lowest BCUT2D eigenvalue weighted by Gasteiger charge is -2.33. The highest BCUT2D eigenvalue weighted by Crippen LogP contribution is 2.27. The molecule has 1 aliphatic heterocycles. The highest BCUT2D eigenvalue weighted by Gasteiger charge is 2.40. The number of hydrogen-bond donors (Lipinski definition) is 1. The Labute approximate surface area is 103 Å². The smallest absolute Gasteiger partial charge is 0.252 e. The third-order valence-corrected chi connectivity index (χ3v) is 3.73. The molecular weight excluding hydrogens is 226 g/mol. The molecule has 3 nitrogen and oxygen atoms in total. The lowest BCUT2D eigenvalue weighted by Crippen LogP contribution is -2.54. The summed E-state index contributed by atoms with van der Waals surface area (Å²) in [4.78, 5) is 12.1. The van der Waals surface area contributed by atoms with Crippen molar-refractivity contribution in [3.8, 4) is 0 Å². The van der Waals surface area contributed by atoms with Gasteiger partial charge in [-0.2, -0.15) is 0 Å². The molecule has 0 bridgehead atoms. The second-order valence-electron chi connectivity index (χ2n) is 4.99. The number of alkyl halides is 1. The predicted molar refractivity (Wildman–Crippen MR) is 65.8 cm³/mol. The number of amides is 1. The molecule has 0 aromatic carbocycles. The van der Waals surface area contributed by atoms with E-state index >= 15 is 0 Å². The van der Waals surface area contributed by atoms with E-state index in [0.29, 0.717) is 12.5 Å². The van der Waals surface area contributed by atoms with Crippen molar-refractivity contribution in [2.24, 2.45) is 0 Å². The minimum atomic E-state index is -0.636. The highest BCUT2D eigenvalue weighted by molar-refractivity contribution is 6.17. The zero-order valence-corrected chi connectivity index (χ0v) is 11.2. The number of halogens is 1. The van der Waals surface area contributed by atoms with Crippen LogP contribution in [-0.2, 0) is 9.53 Å². The average Bonchev–Trinajstić information content (AvgIpc) is 2.67. The summed E-state index contributed by atoms with van der Waals surface area (Å²) in [6, 6.07) is 0. The fraction of sp³-hybridized carbons (Fsp3) is 0.917. The van der Waals surface area contributed by atoms with Gasteiger partial charge in [-0.1, -0.05) is 6.92 Å². The SMILES string of the molecule is CCC(C)(CCCl)NC(=O)C1(C)CCCO1. The van der Waals surface area contributed by atoms with Crippen molar-refractivity contribution in [1.82, 2.24) is 5.32 Å². The molecule has 1 fully saturated rings. The number of ether oxygens (including phenoxy) is 1. The van der Waals surface area contributed by atoms with Crippen LogP contribution in [0.2, 0.25) is 0 Å². The molecule has 0 spiro atoms. The molecule has 2 atom stereocenters. The van der Waals surface area contributed by atoms with E-state index in [4.69, 9.17) is 16.3 Å². The van der Waals surface area contributed by atoms with Crippen LogP contribution in [-0.4, -0.2) is 29.5 Å². The minimum Gasteiger partial charge on any atom is -0.365 e. The first-order chi connectivity index (χ1) is 7.46.